The summed E-state index contributed by atoms with van der Waals surface area (Å²) in [5.74, 6) is 0.945. The number of Topliss-reactive ketones (excluding diaryl/α,β-unsaturated/α-hetero) is 1. The van der Waals surface area contributed by atoms with E-state index < -0.39 is 0 Å². The minimum Gasteiger partial charge on any atom is -0.298 e. The van der Waals surface area contributed by atoms with Gasteiger partial charge in [-0.15, -0.1) is 11.8 Å². The zero-order valence-corrected chi connectivity index (χ0v) is 15.0. The van der Waals surface area contributed by atoms with Crippen molar-refractivity contribution in [1.82, 2.24) is 0 Å². The number of hydrogen-bond acceptors (Lipinski definition) is 2. The van der Waals surface area contributed by atoms with Crippen LogP contribution in [0.2, 0.25) is 0 Å². The van der Waals surface area contributed by atoms with Crippen molar-refractivity contribution in [2.45, 2.75) is 50.2 Å². The molecule has 2 aromatic carbocycles. The summed E-state index contributed by atoms with van der Waals surface area (Å²) >= 11 is 1.79. The molecule has 0 amide bonds. The molecule has 0 spiro atoms. The van der Waals surface area contributed by atoms with Gasteiger partial charge in [0.15, 0.2) is 0 Å². The van der Waals surface area contributed by atoms with Crippen molar-refractivity contribution in [2.24, 2.45) is 5.92 Å². The van der Waals surface area contributed by atoms with Gasteiger partial charge in [-0.05, 0) is 56.2 Å². The molecule has 2 heteroatoms. The molecule has 0 radical (unpaired) electrons. The maximum atomic E-state index is 12.1. The van der Waals surface area contributed by atoms with Gasteiger partial charge in [-0.1, -0.05) is 48.0 Å². The van der Waals surface area contributed by atoms with E-state index in [4.69, 9.17) is 0 Å². The third-order valence-corrected chi connectivity index (χ3v) is 6.49. The van der Waals surface area contributed by atoms with E-state index >= 15 is 0 Å². The van der Waals surface area contributed by atoms with Crippen molar-refractivity contribution in [1.29, 1.82) is 0 Å². The van der Waals surface area contributed by atoms with Gasteiger partial charge in [0.2, 0.25) is 0 Å². The second kappa shape index (κ2) is 6.92. The molecule has 1 aliphatic carbocycles. The standard InChI is InChI=1S/C21H24OS/c1-14-11-15(2)20(16(3)12-14)23-21-18(13-19(21)22)10-9-17-7-5-4-6-8-17/h4-8,11-12,18,21H,9-10,13H2,1-3H3/t18-,21-/m0/s1. The molecule has 0 aliphatic heterocycles. The van der Waals surface area contributed by atoms with Gasteiger partial charge in [-0.3, -0.25) is 4.79 Å². The minimum absolute atomic E-state index is 0.152. The normalized spacial score (nSPS) is 20.4. The Labute approximate surface area is 143 Å². The Bertz CT molecular complexity index is 682. The molecule has 3 rings (SSSR count). The number of thioether (sulfide) groups is 1. The first-order chi connectivity index (χ1) is 11.0. The molecular formula is C21H24OS. The molecule has 0 saturated heterocycles. The minimum atomic E-state index is 0.152. The highest BCUT2D eigenvalue weighted by molar-refractivity contribution is 8.00. The van der Waals surface area contributed by atoms with Crippen LogP contribution in [0.4, 0.5) is 0 Å². The second-order valence-corrected chi connectivity index (χ2v) is 7.87. The van der Waals surface area contributed by atoms with Gasteiger partial charge >= 0.3 is 0 Å². The molecule has 2 atom stereocenters. The summed E-state index contributed by atoms with van der Waals surface area (Å²) in [6.07, 6.45) is 2.94. The number of carbonyl (C=O) groups excluding carboxylic acids is 1. The summed E-state index contributed by atoms with van der Waals surface area (Å²) in [5, 5.41) is 0.152. The molecular weight excluding hydrogens is 300 g/mol. The number of carbonyl (C=O) groups is 1. The average molecular weight is 324 g/mol. The zero-order chi connectivity index (χ0) is 16.4. The monoisotopic (exact) mass is 324 g/mol. The lowest BCUT2D eigenvalue weighted by Crippen LogP contribution is -2.40. The van der Waals surface area contributed by atoms with Gasteiger partial charge in [0.05, 0.1) is 5.25 Å². The highest BCUT2D eigenvalue weighted by atomic mass is 32.2. The van der Waals surface area contributed by atoms with Crippen LogP contribution in [0.3, 0.4) is 0 Å². The lowest BCUT2D eigenvalue weighted by molar-refractivity contribution is -0.126. The summed E-state index contributed by atoms with van der Waals surface area (Å²) < 4.78 is 0. The van der Waals surface area contributed by atoms with Crippen molar-refractivity contribution in [3.05, 3.63) is 64.7 Å². The first kappa shape index (κ1) is 16.3. The van der Waals surface area contributed by atoms with Crippen molar-refractivity contribution in [3.63, 3.8) is 0 Å². The van der Waals surface area contributed by atoms with Crippen molar-refractivity contribution < 1.29 is 4.79 Å². The second-order valence-electron chi connectivity index (χ2n) is 6.72. The van der Waals surface area contributed by atoms with E-state index in [-0.39, 0.29) is 5.25 Å². The first-order valence-corrected chi connectivity index (χ1v) is 9.23. The van der Waals surface area contributed by atoms with E-state index in [1.165, 1.54) is 27.1 Å². The smallest absolute Gasteiger partial charge is 0.146 e. The Kier molecular flexibility index (Phi) is 4.91. The fourth-order valence-electron chi connectivity index (χ4n) is 3.48. The van der Waals surface area contributed by atoms with E-state index in [1.807, 2.05) is 0 Å². The molecule has 0 heterocycles. The van der Waals surface area contributed by atoms with Crippen molar-refractivity contribution in [2.75, 3.05) is 0 Å². The number of ketones is 1. The molecule has 2 aromatic rings. The Morgan fingerprint density at radius 1 is 1.04 bits per heavy atom. The summed E-state index contributed by atoms with van der Waals surface area (Å²) in [7, 11) is 0. The van der Waals surface area contributed by atoms with Gasteiger partial charge in [-0.2, -0.15) is 0 Å². The molecule has 1 nitrogen and oxygen atoms in total. The Hall–Kier alpha value is -1.54. The van der Waals surface area contributed by atoms with E-state index in [0.717, 1.165) is 19.3 Å². The average Bonchev–Trinajstić information content (AvgIpc) is 2.51. The Morgan fingerprint density at radius 2 is 1.70 bits per heavy atom. The Balaban J connectivity index is 1.66. The quantitative estimate of drug-likeness (QED) is 0.743. The van der Waals surface area contributed by atoms with Crippen molar-refractivity contribution >= 4 is 17.5 Å². The Morgan fingerprint density at radius 3 is 2.30 bits per heavy atom. The van der Waals surface area contributed by atoms with Crippen LogP contribution in [-0.4, -0.2) is 11.0 Å². The van der Waals surface area contributed by atoms with Crippen LogP contribution in [0.1, 0.15) is 35.1 Å². The lowest BCUT2D eigenvalue weighted by atomic mass is 9.79. The molecule has 1 fully saturated rings. The highest BCUT2D eigenvalue weighted by Crippen LogP contribution is 2.43. The van der Waals surface area contributed by atoms with Gasteiger partial charge in [0, 0.05) is 11.3 Å². The van der Waals surface area contributed by atoms with E-state index in [1.54, 1.807) is 11.8 Å². The van der Waals surface area contributed by atoms with Crippen LogP contribution >= 0.6 is 11.8 Å². The highest BCUT2D eigenvalue weighted by Gasteiger charge is 2.40. The SMILES string of the molecule is Cc1cc(C)c(S[C@@H]2C(=O)C[C@@H]2CCc2ccccc2)c(C)c1. The molecule has 1 aliphatic rings. The van der Waals surface area contributed by atoms with E-state index in [0.29, 0.717) is 11.7 Å². The van der Waals surface area contributed by atoms with Gasteiger partial charge < -0.3 is 0 Å². The fourth-order valence-corrected chi connectivity index (χ4v) is 4.87. The van der Waals surface area contributed by atoms with Crippen LogP contribution < -0.4 is 0 Å². The third kappa shape index (κ3) is 3.69. The fraction of sp³-hybridized carbons (Fsp3) is 0.381. The third-order valence-electron chi connectivity index (χ3n) is 4.70. The summed E-state index contributed by atoms with van der Waals surface area (Å²) in [6, 6.07) is 15.0. The van der Waals surface area contributed by atoms with Gasteiger partial charge in [-0.25, -0.2) is 0 Å². The number of aryl methyl sites for hydroxylation is 4. The summed E-state index contributed by atoms with van der Waals surface area (Å²) in [5.41, 5.74) is 5.27. The first-order valence-electron chi connectivity index (χ1n) is 8.35. The molecule has 120 valence electrons. The predicted molar refractivity (Wildman–Crippen MR) is 98.2 cm³/mol. The van der Waals surface area contributed by atoms with E-state index in [2.05, 4.69) is 63.2 Å². The van der Waals surface area contributed by atoms with Crippen LogP contribution in [0.5, 0.6) is 0 Å². The van der Waals surface area contributed by atoms with E-state index in [9.17, 15) is 4.79 Å². The zero-order valence-electron chi connectivity index (χ0n) is 14.1. The van der Waals surface area contributed by atoms with Crippen LogP contribution in [0.25, 0.3) is 0 Å². The maximum Gasteiger partial charge on any atom is 0.146 e. The van der Waals surface area contributed by atoms with Crippen LogP contribution in [0, 0.1) is 26.7 Å². The lowest BCUT2D eigenvalue weighted by Gasteiger charge is -2.35. The maximum absolute atomic E-state index is 12.1. The topological polar surface area (TPSA) is 17.1 Å². The number of rotatable bonds is 5. The summed E-state index contributed by atoms with van der Waals surface area (Å²) in [4.78, 5) is 13.4. The predicted octanol–water partition coefficient (Wildman–Crippen LogP) is 5.29. The largest absolute Gasteiger partial charge is 0.298 e. The van der Waals surface area contributed by atoms with Crippen LogP contribution in [0.15, 0.2) is 47.4 Å². The molecule has 0 N–H and O–H groups in total. The summed E-state index contributed by atoms with van der Waals surface area (Å²) in [6.45, 7) is 6.44. The molecule has 1 saturated carbocycles. The van der Waals surface area contributed by atoms with Gasteiger partial charge in [0.25, 0.3) is 0 Å². The molecule has 0 unspecified atom stereocenters. The molecule has 0 bridgehead atoms. The van der Waals surface area contributed by atoms with Crippen LogP contribution in [-0.2, 0) is 11.2 Å². The number of benzene rings is 2. The van der Waals surface area contributed by atoms with Crippen molar-refractivity contribution in [3.8, 4) is 0 Å². The molecule has 23 heavy (non-hydrogen) atoms. The number of hydrogen-bond donors (Lipinski definition) is 0. The molecule has 0 aromatic heterocycles. The van der Waals surface area contributed by atoms with Gasteiger partial charge in [0.1, 0.15) is 5.78 Å².